The summed E-state index contributed by atoms with van der Waals surface area (Å²) in [6.07, 6.45) is 0.754. The van der Waals surface area contributed by atoms with Gasteiger partial charge in [-0.1, -0.05) is 12.1 Å². The molecule has 3 amide bonds. The third kappa shape index (κ3) is 6.03. The second-order valence-electron chi connectivity index (χ2n) is 8.13. The van der Waals surface area contributed by atoms with Crippen molar-refractivity contribution in [2.75, 3.05) is 25.5 Å². The highest BCUT2D eigenvalue weighted by molar-refractivity contribution is 5.98. The van der Waals surface area contributed by atoms with Crippen LogP contribution >= 0.6 is 0 Å². The standard InChI is InChI=1S/C25H26FN5O4/c1-35-20-9-7-19(8-10-20)28-23(32)11-12-27-24(33)21-15-22-25(34)30(13-2-14-31(22)29-21)16-17-3-5-18(26)6-4-17/h3-10,15H,2,11-14,16H2,1H3,(H,27,33)(H,28,32). The number of aryl methyl sites for hydroxylation is 1. The van der Waals surface area contributed by atoms with Gasteiger partial charge in [-0.25, -0.2) is 4.39 Å². The SMILES string of the molecule is COc1ccc(NC(=O)CCNC(=O)c2cc3n(n2)CCCN(Cc2ccc(F)cc2)C3=O)cc1. The van der Waals surface area contributed by atoms with Crippen LogP contribution in [0.5, 0.6) is 5.75 Å². The van der Waals surface area contributed by atoms with E-state index in [4.69, 9.17) is 4.74 Å². The monoisotopic (exact) mass is 479 g/mol. The summed E-state index contributed by atoms with van der Waals surface area (Å²) in [6, 6.07) is 14.4. The summed E-state index contributed by atoms with van der Waals surface area (Å²) >= 11 is 0. The zero-order chi connectivity index (χ0) is 24.8. The molecule has 10 heteroatoms. The largest absolute Gasteiger partial charge is 0.497 e. The summed E-state index contributed by atoms with van der Waals surface area (Å²) < 4.78 is 19.8. The fourth-order valence-electron chi connectivity index (χ4n) is 3.78. The van der Waals surface area contributed by atoms with Gasteiger partial charge in [0.25, 0.3) is 11.8 Å². The van der Waals surface area contributed by atoms with Crippen LogP contribution in [0.2, 0.25) is 0 Å². The molecule has 35 heavy (non-hydrogen) atoms. The Labute approximate surface area is 201 Å². The predicted molar refractivity (Wildman–Crippen MR) is 127 cm³/mol. The molecule has 2 heterocycles. The minimum atomic E-state index is -0.458. The summed E-state index contributed by atoms with van der Waals surface area (Å²) in [7, 11) is 1.56. The number of nitrogens with zero attached hydrogens (tertiary/aromatic N) is 3. The maximum absolute atomic E-state index is 13.2. The number of anilines is 1. The molecule has 0 atom stereocenters. The number of rotatable bonds is 8. The van der Waals surface area contributed by atoms with Gasteiger partial charge in [0.1, 0.15) is 17.3 Å². The number of carbonyl (C=O) groups is 3. The van der Waals surface area contributed by atoms with Gasteiger partial charge in [-0.05, 0) is 48.4 Å². The van der Waals surface area contributed by atoms with Crippen molar-refractivity contribution in [3.05, 3.63) is 77.4 Å². The normalized spacial score (nSPS) is 13.1. The minimum Gasteiger partial charge on any atom is -0.497 e. The minimum absolute atomic E-state index is 0.0791. The van der Waals surface area contributed by atoms with Crippen molar-refractivity contribution in [3.63, 3.8) is 0 Å². The Morgan fingerprint density at radius 2 is 1.83 bits per heavy atom. The van der Waals surface area contributed by atoms with E-state index in [0.717, 1.165) is 5.56 Å². The van der Waals surface area contributed by atoms with Crippen LogP contribution in [0.4, 0.5) is 10.1 Å². The lowest BCUT2D eigenvalue weighted by Gasteiger charge is -2.20. The van der Waals surface area contributed by atoms with Gasteiger partial charge in [0.2, 0.25) is 5.91 Å². The second-order valence-corrected chi connectivity index (χ2v) is 8.13. The second kappa shape index (κ2) is 10.8. The molecule has 0 bridgehead atoms. The topological polar surface area (TPSA) is 106 Å². The number of methoxy groups -OCH3 is 1. The Bertz CT molecular complexity index is 1210. The number of amides is 3. The van der Waals surface area contributed by atoms with Crippen molar-refractivity contribution < 1.29 is 23.5 Å². The first-order chi connectivity index (χ1) is 16.9. The van der Waals surface area contributed by atoms with Gasteiger partial charge in [0.05, 0.1) is 7.11 Å². The number of aromatic nitrogens is 2. The van der Waals surface area contributed by atoms with E-state index in [9.17, 15) is 18.8 Å². The summed E-state index contributed by atoms with van der Waals surface area (Å²) in [4.78, 5) is 39.4. The number of hydrogen-bond acceptors (Lipinski definition) is 5. The average Bonchev–Trinajstić information content (AvgIpc) is 3.23. The summed E-state index contributed by atoms with van der Waals surface area (Å²) in [6.45, 7) is 1.49. The van der Waals surface area contributed by atoms with E-state index in [0.29, 0.717) is 43.2 Å². The molecule has 0 radical (unpaired) electrons. The number of hydrogen-bond donors (Lipinski definition) is 2. The Morgan fingerprint density at radius 1 is 1.09 bits per heavy atom. The van der Waals surface area contributed by atoms with Crippen LogP contribution in [0, 0.1) is 5.82 Å². The van der Waals surface area contributed by atoms with Gasteiger partial charge in [-0.2, -0.15) is 5.10 Å². The Balaban J connectivity index is 1.31. The Hall–Kier alpha value is -4.21. The van der Waals surface area contributed by atoms with Gasteiger partial charge >= 0.3 is 0 Å². The van der Waals surface area contributed by atoms with Crippen LogP contribution < -0.4 is 15.4 Å². The molecule has 9 nitrogen and oxygen atoms in total. The highest BCUT2D eigenvalue weighted by Crippen LogP contribution is 2.17. The number of benzene rings is 2. The van der Waals surface area contributed by atoms with Gasteiger partial charge in [0.15, 0.2) is 5.69 Å². The lowest BCUT2D eigenvalue weighted by molar-refractivity contribution is -0.116. The van der Waals surface area contributed by atoms with E-state index in [2.05, 4.69) is 15.7 Å². The maximum Gasteiger partial charge on any atom is 0.272 e. The number of carbonyl (C=O) groups excluding carboxylic acids is 3. The van der Waals surface area contributed by atoms with Crippen LogP contribution in [0.15, 0.2) is 54.6 Å². The van der Waals surface area contributed by atoms with Crippen molar-refractivity contribution in [3.8, 4) is 5.75 Å². The molecule has 0 aliphatic carbocycles. The molecule has 1 aromatic heterocycles. The third-order valence-corrected chi connectivity index (χ3v) is 5.61. The van der Waals surface area contributed by atoms with Crippen LogP contribution in [0.3, 0.4) is 0 Å². The first kappa shape index (κ1) is 23.9. The highest BCUT2D eigenvalue weighted by Gasteiger charge is 2.26. The van der Waals surface area contributed by atoms with E-state index < -0.39 is 5.91 Å². The molecule has 0 fully saturated rings. The van der Waals surface area contributed by atoms with E-state index in [1.165, 1.54) is 22.9 Å². The molecule has 182 valence electrons. The fourth-order valence-corrected chi connectivity index (χ4v) is 3.78. The lowest BCUT2D eigenvalue weighted by Crippen LogP contribution is -2.30. The fraction of sp³-hybridized carbons (Fsp3) is 0.280. The Kier molecular flexibility index (Phi) is 7.39. The average molecular weight is 480 g/mol. The van der Waals surface area contributed by atoms with Crippen molar-refractivity contribution in [1.82, 2.24) is 20.0 Å². The van der Waals surface area contributed by atoms with Crippen LogP contribution in [-0.2, 0) is 17.9 Å². The zero-order valence-corrected chi connectivity index (χ0v) is 19.3. The van der Waals surface area contributed by atoms with Gasteiger partial charge in [-0.3, -0.25) is 19.1 Å². The van der Waals surface area contributed by atoms with Crippen LogP contribution in [0.25, 0.3) is 0 Å². The first-order valence-electron chi connectivity index (χ1n) is 11.3. The number of fused-ring (bicyclic) bond motifs is 1. The highest BCUT2D eigenvalue weighted by atomic mass is 19.1. The van der Waals surface area contributed by atoms with E-state index in [1.54, 1.807) is 48.4 Å². The van der Waals surface area contributed by atoms with Crippen molar-refractivity contribution >= 4 is 23.4 Å². The molecule has 4 rings (SSSR count). The summed E-state index contributed by atoms with van der Waals surface area (Å²) in [5, 5.41) is 9.72. The van der Waals surface area contributed by atoms with E-state index in [-0.39, 0.29) is 36.3 Å². The van der Waals surface area contributed by atoms with Gasteiger partial charge in [0, 0.05) is 44.4 Å². The van der Waals surface area contributed by atoms with E-state index in [1.807, 2.05) is 0 Å². The molecular formula is C25H26FN5O4. The molecule has 3 aromatic rings. The first-order valence-corrected chi connectivity index (χ1v) is 11.3. The lowest BCUT2D eigenvalue weighted by atomic mass is 10.2. The third-order valence-electron chi connectivity index (χ3n) is 5.61. The van der Waals surface area contributed by atoms with E-state index >= 15 is 0 Å². The number of halogens is 1. The molecule has 1 aliphatic rings. The molecule has 0 unspecified atom stereocenters. The van der Waals surface area contributed by atoms with Crippen molar-refractivity contribution in [2.45, 2.75) is 25.9 Å². The molecule has 0 spiro atoms. The molecule has 1 aliphatic heterocycles. The predicted octanol–water partition coefficient (Wildman–Crippen LogP) is 2.84. The molecular weight excluding hydrogens is 453 g/mol. The van der Waals surface area contributed by atoms with Crippen molar-refractivity contribution in [1.29, 1.82) is 0 Å². The van der Waals surface area contributed by atoms with Crippen molar-refractivity contribution in [2.24, 2.45) is 0 Å². The maximum atomic E-state index is 13.2. The molecule has 0 saturated carbocycles. The summed E-state index contributed by atoms with van der Waals surface area (Å²) in [5.41, 5.74) is 1.89. The van der Waals surface area contributed by atoms with Crippen LogP contribution in [-0.4, -0.2) is 52.6 Å². The summed E-state index contributed by atoms with van der Waals surface area (Å²) in [5.74, 6) is -0.589. The Morgan fingerprint density at radius 3 is 2.54 bits per heavy atom. The number of ether oxygens (including phenoxy) is 1. The van der Waals surface area contributed by atoms with Gasteiger partial charge in [-0.15, -0.1) is 0 Å². The van der Waals surface area contributed by atoms with Crippen LogP contribution in [0.1, 0.15) is 39.4 Å². The molecule has 2 N–H and O–H groups in total. The quantitative estimate of drug-likeness (QED) is 0.517. The molecule has 0 saturated heterocycles. The molecule has 2 aromatic carbocycles. The van der Waals surface area contributed by atoms with Gasteiger partial charge < -0.3 is 20.3 Å². The number of nitrogens with one attached hydrogen (secondary N) is 2. The smallest absolute Gasteiger partial charge is 0.272 e. The zero-order valence-electron chi connectivity index (χ0n) is 19.3.